The van der Waals surface area contributed by atoms with Crippen molar-refractivity contribution in [1.82, 2.24) is 9.55 Å². The summed E-state index contributed by atoms with van der Waals surface area (Å²) in [6, 6.07) is 13.9. The molecule has 5 rings (SSSR count). The highest BCUT2D eigenvalue weighted by Gasteiger charge is 2.42. The minimum atomic E-state index is -0.395. The second-order valence-electron chi connectivity index (χ2n) is 6.88. The first-order chi connectivity index (χ1) is 12.1. The average Bonchev–Trinajstić information content (AvgIpc) is 3.32. The van der Waals surface area contributed by atoms with Gasteiger partial charge in [-0.05, 0) is 47.9 Å². The smallest absolute Gasteiger partial charge is 0.207 e. The van der Waals surface area contributed by atoms with Gasteiger partial charge in [0.2, 0.25) is 6.23 Å². The van der Waals surface area contributed by atoms with Crippen LogP contribution in [0.15, 0.2) is 60.4 Å². The predicted octanol–water partition coefficient (Wildman–Crippen LogP) is 4.53. The second-order valence-corrected chi connectivity index (χ2v) is 6.88. The lowest BCUT2D eigenvalue weighted by atomic mass is 9.91. The molecule has 0 unspecified atom stereocenters. The normalized spacial score (nSPS) is 18.2. The Labute approximate surface area is 145 Å². The molecule has 1 aromatic carbocycles. The van der Waals surface area contributed by atoms with Crippen LogP contribution in [0.4, 0.5) is 0 Å². The van der Waals surface area contributed by atoms with Gasteiger partial charge in [0.15, 0.2) is 5.78 Å². The Kier molecular flexibility index (Phi) is 2.86. The van der Waals surface area contributed by atoms with Crippen molar-refractivity contribution in [2.75, 3.05) is 0 Å². The molecule has 0 spiro atoms. The number of fused-ring (bicyclic) bond motifs is 4. The van der Waals surface area contributed by atoms with E-state index < -0.39 is 6.23 Å². The van der Waals surface area contributed by atoms with E-state index in [9.17, 15) is 4.79 Å². The molecule has 4 nitrogen and oxygen atoms in total. The molecule has 0 fully saturated rings. The van der Waals surface area contributed by atoms with E-state index in [1.54, 1.807) is 0 Å². The zero-order valence-electron chi connectivity index (χ0n) is 14.1. The molecule has 1 atom stereocenters. The van der Waals surface area contributed by atoms with Crippen LogP contribution in [-0.4, -0.2) is 15.3 Å². The maximum atomic E-state index is 13.4. The largest absolute Gasteiger partial charge is 0.465 e. The van der Waals surface area contributed by atoms with Crippen LogP contribution in [0.3, 0.4) is 0 Å². The summed E-state index contributed by atoms with van der Waals surface area (Å²) in [6.07, 6.45) is 3.45. The van der Waals surface area contributed by atoms with Gasteiger partial charge in [-0.25, -0.2) is 0 Å². The fraction of sp³-hybridized carbons (Fsp3) is 0.190. The highest BCUT2D eigenvalue weighted by Crippen LogP contribution is 2.47. The number of hydrogen-bond donors (Lipinski definition) is 1. The van der Waals surface area contributed by atoms with Crippen molar-refractivity contribution >= 4 is 11.4 Å². The molecule has 4 heteroatoms. The van der Waals surface area contributed by atoms with E-state index in [1.165, 1.54) is 0 Å². The summed E-state index contributed by atoms with van der Waals surface area (Å²) in [4.78, 5) is 16.6. The fourth-order valence-electron chi connectivity index (χ4n) is 3.77. The van der Waals surface area contributed by atoms with Crippen LogP contribution in [-0.2, 0) is 0 Å². The Morgan fingerprint density at radius 3 is 2.80 bits per heavy atom. The average molecular weight is 330 g/mol. The van der Waals surface area contributed by atoms with E-state index in [0.29, 0.717) is 22.8 Å². The van der Waals surface area contributed by atoms with E-state index >= 15 is 0 Å². The number of aromatic nitrogens is 2. The van der Waals surface area contributed by atoms with Gasteiger partial charge in [-0.2, -0.15) is 0 Å². The number of Topliss-reactive ketones (excluding diaryl/α,β-unsaturated/α-hetero) is 1. The van der Waals surface area contributed by atoms with Crippen molar-refractivity contribution in [3.05, 3.63) is 82.9 Å². The van der Waals surface area contributed by atoms with Crippen molar-refractivity contribution in [2.24, 2.45) is 0 Å². The van der Waals surface area contributed by atoms with Crippen molar-refractivity contribution in [1.29, 1.82) is 0 Å². The quantitative estimate of drug-likeness (QED) is 0.750. The first-order valence-electron chi connectivity index (χ1n) is 8.55. The molecule has 25 heavy (non-hydrogen) atoms. The Hall–Kier alpha value is -3.01. The summed E-state index contributed by atoms with van der Waals surface area (Å²) in [5.74, 6) is 1.09. The number of carbonyl (C=O) groups is 1. The molecule has 0 aliphatic carbocycles. The summed E-state index contributed by atoms with van der Waals surface area (Å²) in [5, 5.41) is 0. The molecular weight excluding hydrogens is 312 g/mol. The number of benzene rings is 1. The zero-order valence-corrected chi connectivity index (χ0v) is 14.1. The summed E-state index contributed by atoms with van der Waals surface area (Å²) >= 11 is 0. The second kappa shape index (κ2) is 4.99. The number of H-pyrrole nitrogens is 1. The van der Waals surface area contributed by atoms with Gasteiger partial charge in [-0.1, -0.05) is 19.9 Å². The lowest BCUT2D eigenvalue weighted by molar-refractivity contribution is 0.0912. The summed E-state index contributed by atoms with van der Waals surface area (Å²) in [6.45, 7) is 4.26. The van der Waals surface area contributed by atoms with Gasteiger partial charge < -0.3 is 14.3 Å². The van der Waals surface area contributed by atoms with Crippen LogP contribution >= 0.6 is 0 Å². The van der Waals surface area contributed by atoms with E-state index in [4.69, 9.17) is 4.74 Å². The molecule has 0 amide bonds. The standard InChI is InChI=1S/C21H18N2O2/c1-12(2)13-7-8-17-14(11-13)20(24)19-18(15-5-3-9-22-15)16-6-4-10-23(16)21(19)25-17/h3-12,21-22H,1-2H3/t21-/m0/s1. The molecule has 2 aliphatic heterocycles. The van der Waals surface area contributed by atoms with E-state index in [2.05, 4.69) is 18.8 Å². The maximum absolute atomic E-state index is 13.4. The Bertz CT molecular complexity index is 1020. The monoisotopic (exact) mass is 330 g/mol. The third kappa shape index (κ3) is 1.91. The van der Waals surface area contributed by atoms with Gasteiger partial charge in [-0.15, -0.1) is 0 Å². The van der Waals surface area contributed by atoms with Gasteiger partial charge in [0, 0.05) is 23.7 Å². The molecule has 0 radical (unpaired) electrons. The number of ether oxygens (including phenoxy) is 1. The van der Waals surface area contributed by atoms with E-state index in [1.807, 2.05) is 59.4 Å². The van der Waals surface area contributed by atoms with Gasteiger partial charge in [0.1, 0.15) is 5.75 Å². The number of rotatable bonds is 2. The van der Waals surface area contributed by atoms with Gasteiger partial charge in [0.05, 0.1) is 16.8 Å². The third-order valence-corrected chi connectivity index (χ3v) is 5.07. The first kappa shape index (κ1) is 14.3. The highest BCUT2D eigenvalue weighted by atomic mass is 16.5. The Balaban J connectivity index is 1.75. The molecule has 0 saturated heterocycles. The van der Waals surface area contributed by atoms with Gasteiger partial charge >= 0.3 is 0 Å². The molecular formula is C21H18N2O2. The molecule has 3 aromatic rings. The number of nitrogens with one attached hydrogen (secondary N) is 1. The minimum Gasteiger partial charge on any atom is -0.465 e. The van der Waals surface area contributed by atoms with Gasteiger partial charge in [-0.3, -0.25) is 4.79 Å². The van der Waals surface area contributed by atoms with Crippen molar-refractivity contribution in [3.63, 3.8) is 0 Å². The number of aromatic amines is 1. The first-order valence-corrected chi connectivity index (χ1v) is 8.55. The van der Waals surface area contributed by atoms with Crippen molar-refractivity contribution in [3.8, 4) is 5.75 Å². The molecule has 2 aliphatic rings. The van der Waals surface area contributed by atoms with Crippen molar-refractivity contribution in [2.45, 2.75) is 26.0 Å². The van der Waals surface area contributed by atoms with Crippen LogP contribution in [0.5, 0.6) is 5.75 Å². The van der Waals surface area contributed by atoms with Crippen LogP contribution in [0.1, 0.15) is 53.3 Å². The number of ketones is 1. The van der Waals surface area contributed by atoms with Crippen molar-refractivity contribution < 1.29 is 9.53 Å². The SMILES string of the molecule is CC(C)c1ccc2c(c1)C(=O)C1=C(c3ccc[nH]3)c3cccn3[C@H]1O2. The zero-order chi connectivity index (χ0) is 17.1. The van der Waals surface area contributed by atoms with Crippen LogP contribution in [0, 0.1) is 0 Å². The summed E-state index contributed by atoms with van der Waals surface area (Å²) in [7, 11) is 0. The summed E-state index contributed by atoms with van der Waals surface area (Å²) in [5.41, 5.74) is 5.41. The lowest BCUT2D eigenvalue weighted by Gasteiger charge is -2.26. The maximum Gasteiger partial charge on any atom is 0.207 e. The van der Waals surface area contributed by atoms with Gasteiger partial charge in [0.25, 0.3) is 0 Å². The molecule has 124 valence electrons. The van der Waals surface area contributed by atoms with E-state index in [-0.39, 0.29) is 5.78 Å². The lowest BCUT2D eigenvalue weighted by Crippen LogP contribution is -2.25. The van der Waals surface area contributed by atoms with Crippen LogP contribution in [0.2, 0.25) is 0 Å². The molecule has 0 bridgehead atoms. The predicted molar refractivity (Wildman–Crippen MR) is 95.8 cm³/mol. The number of carbonyl (C=O) groups excluding carboxylic acids is 1. The van der Waals surface area contributed by atoms with Crippen LogP contribution in [0.25, 0.3) is 5.57 Å². The number of hydrogen-bond acceptors (Lipinski definition) is 2. The Morgan fingerprint density at radius 1 is 1.16 bits per heavy atom. The fourth-order valence-corrected chi connectivity index (χ4v) is 3.77. The van der Waals surface area contributed by atoms with Crippen LogP contribution < -0.4 is 4.74 Å². The van der Waals surface area contributed by atoms with E-state index in [0.717, 1.165) is 22.5 Å². The molecule has 1 N–H and O–H groups in total. The minimum absolute atomic E-state index is 0.0575. The molecule has 0 saturated carbocycles. The number of nitrogens with zero attached hydrogens (tertiary/aromatic N) is 1. The molecule has 2 aromatic heterocycles. The highest BCUT2D eigenvalue weighted by molar-refractivity contribution is 6.18. The Morgan fingerprint density at radius 2 is 2.04 bits per heavy atom. The third-order valence-electron chi connectivity index (χ3n) is 5.07. The topological polar surface area (TPSA) is 47.0 Å². The molecule has 4 heterocycles. The summed E-state index contributed by atoms with van der Waals surface area (Å²) < 4.78 is 8.27.